The molecule has 2 aromatic rings. The molecule has 8 heteroatoms. The van der Waals surface area contributed by atoms with Crippen LogP contribution < -0.4 is 15.4 Å². The number of rotatable bonds is 11. The molecule has 0 aliphatic rings. The molecule has 0 aliphatic carbocycles. The van der Waals surface area contributed by atoms with Crippen molar-refractivity contribution in [3.63, 3.8) is 0 Å². The summed E-state index contributed by atoms with van der Waals surface area (Å²) in [6.07, 6.45) is -2.46. The van der Waals surface area contributed by atoms with Crippen LogP contribution in [0.5, 0.6) is 5.75 Å². The highest BCUT2D eigenvalue weighted by molar-refractivity contribution is 5.79. The summed E-state index contributed by atoms with van der Waals surface area (Å²) in [5.41, 5.74) is 2.08. The van der Waals surface area contributed by atoms with Crippen molar-refractivity contribution in [2.45, 2.75) is 32.2 Å². The van der Waals surface area contributed by atoms with Gasteiger partial charge in [-0.25, -0.2) is 0 Å². The van der Waals surface area contributed by atoms with Crippen molar-refractivity contribution in [2.24, 2.45) is 4.99 Å². The van der Waals surface area contributed by atoms with Crippen molar-refractivity contribution in [1.29, 1.82) is 0 Å². The van der Waals surface area contributed by atoms with Crippen LogP contribution in [0.4, 0.5) is 13.2 Å². The Bertz CT molecular complexity index is 750. The summed E-state index contributed by atoms with van der Waals surface area (Å²) in [6, 6.07) is 16.5. The molecule has 0 aromatic heterocycles. The van der Waals surface area contributed by atoms with E-state index >= 15 is 0 Å². The molecule has 5 nitrogen and oxygen atoms in total. The Morgan fingerprint density at radius 1 is 0.933 bits per heavy atom. The lowest BCUT2D eigenvalue weighted by Crippen LogP contribution is -2.37. The molecule has 164 valence electrons. The van der Waals surface area contributed by atoms with Crippen molar-refractivity contribution in [3.05, 3.63) is 65.7 Å². The first-order valence-electron chi connectivity index (χ1n) is 9.81. The highest BCUT2D eigenvalue weighted by atomic mass is 19.4. The molecule has 0 bridgehead atoms. The van der Waals surface area contributed by atoms with Gasteiger partial charge in [-0.1, -0.05) is 42.5 Å². The van der Waals surface area contributed by atoms with Gasteiger partial charge in [0.15, 0.2) is 12.6 Å². The first-order chi connectivity index (χ1) is 14.5. The van der Waals surface area contributed by atoms with Gasteiger partial charge in [-0.15, -0.1) is 0 Å². The maximum absolute atomic E-state index is 12.2. The first kappa shape index (κ1) is 23.5. The van der Waals surface area contributed by atoms with Gasteiger partial charge < -0.3 is 20.1 Å². The summed E-state index contributed by atoms with van der Waals surface area (Å²) in [6.45, 7) is 1.29. The summed E-state index contributed by atoms with van der Waals surface area (Å²) in [7, 11) is 1.69. The van der Waals surface area contributed by atoms with E-state index in [-0.39, 0.29) is 5.75 Å². The summed E-state index contributed by atoms with van der Waals surface area (Å²) in [5, 5.41) is 6.40. The van der Waals surface area contributed by atoms with E-state index in [0.29, 0.717) is 25.7 Å². The molecule has 0 unspecified atom stereocenters. The Kier molecular flexibility index (Phi) is 10.00. The summed E-state index contributed by atoms with van der Waals surface area (Å²) >= 11 is 0. The lowest BCUT2D eigenvalue weighted by Gasteiger charge is -2.13. The van der Waals surface area contributed by atoms with Crippen molar-refractivity contribution in [1.82, 2.24) is 10.6 Å². The lowest BCUT2D eigenvalue weighted by molar-refractivity contribution is -0.153. The number of nitrogens with zero attached hydrogens (tertiary/aromatic N) is 1. The summed E-state index contributed by atoms with van der Waals surface area (Å²) < 4.78 is 46.9. The van der Waals surface area contributed by atoms with E-state index in [4.69, 9.17) is 9.47 Å². The molecule has 2 N–H and O–H groups in total. The molecule has 2 aromatic carbocycles. The number of benzene rings is 2. The van der Waals surface area contributed by atoms with Crippen LogP contribution in [0.25, 0.3) is 0 Å². The predicted octanol–water partition coefficient (Wildman–Crippen LogP) is 4.29. The second kappa shape index (κ2) is 12.7. The number of guanidine groups is 1. The molecule has 0 fully saturated rings. The van der Waals surface area contributed by atoms with E-state index < -0.39 is 12.8 Å². The van der Waals surface area contributed by atoms with Gasteiger partial charge >= 0.3 is 6.18 Å². The smallest absolute Gasteiger partial charge is 0.422 e. The Morgan fingerprint density at radius 2 is 1.67 bits per heavy atom. The third-order valence-corrected chi connectivity index (χ3v) is 4.13. The number of alkyl halides is 3. The molecule has 2 rings (SSSR count). The predicted molar refractivity (Wildman–Crippen MR) is 112 cm³/mol. The van der Waals surface area contributed by atoms with E-state index in [1.807, 2.05) is 30.3 Å². The molecule has 0 amide bonds. The maximum Gasteiger partial charge on any atom is 0.422 e. The van der Waals surface area contributed by atoms with Crippen molar-refractivity contribution in [2.75, 3.05) is 26.8 Å². The molecule has 0 atom stereocenters. The van der Waals surface area contributed by atoms with Crippen molar-refractivity contribution in [3.8, 4) is 5.75 Å². The van der Waals surface area contributed by atoms with Gasteiger partial charge in [0.25, 0.3) is 0 Å². The van der Waals surface area contributed by atoms with E-state index in [0.717, 1.165) is 24.9 Å². The van der Waals surface area contributed by atoms with Gasteiger partial charge in [0.2, 0.25) is 0 Å². The second-order valence-electron chi connectivity index (χ2n) is 6.65. The third-order valence-electron chi connectivity index (χ3n) is 4.13. The highest BCUT2D eigenvalue weighted by Crippen LogP contribution is 2.18. The zero-order valence-electron chi connectivity index (χ0n) is 17.0. The zero-order chi connectivity index (χ0) is 21.7. The van der Waals surface area contributed by atoms with E-state index in [2.05, 4.69) is 15.6 Å². The third kappa shape index (κ3) is 10.2. The standard InChI is InChI=1S/C22H28F3N3O2/c1-26-21(27-13-5-6-14-29-16-19-7-3-2-4-8-19)28-15-18-9-11-20(12-10-18)30-17-22(23,24)25/h2-4,7-12H,5-6,13-17H2,1H3,(H2,26,27,28). The normalized spacial score (nSPS) is 11.9. The fourth-order valence-corrected chi connectivity index (χ4v) is 2.58. The first-order valence-corrected chi connectivity index (χ1v) is 9.81. The minimum absolute atomic E-state index is 0.188. The van der Waals surface area contributed by atoms with Gasteiger partial charge in [0, 0.05) is 26.7 Å². The van der Waals surface area contributed by atoms with E-state index in [1.54, 1.807) is 19.2 Å². The zero-order valence-corrected chi connectivity index (χ0v) is 17.0. The van der Waals surface area contributed by atoms with Crippen LogP contribution >= 0.6 is 0 Å². The molecule has 0 heterocycles. The van der Waals surface area contributed by atoms with Gasteiger partial charge in [-0.3, -0.25) is 4.99 Å². The number of halogens is 3. The number of nitrogens with one attached hydrogen (secondary N) is 2. The molecular formula is C22H28F3N3O2. The number of ether oxygens (including phenoxy) is 2. The van der Waals surface area contributed by atoms with Gasteiger partial charge in [-0.2, -0.15) is 13.2 Å². The fourth-order valence-electron chi connectivity index (χ4n) is 2.58. The molecule has 0 radical (unpaired) electrons. The van der Waals surface area contributed by atoms with Crippen LogP contribution in [0.2, 0.25) is 0 Å². The van der Waals surface area contributed by atoms with Crippen LogP contribution in [0.3, 0.4) is 0 Å². The molecule has 0 saturated heterocycles. The van der Waals surface area contributed by atoms with E-state index in [1.165, 1.54) is 17.7 Å². The monoisotopic (exact) mass is 423 g/mol. The van der Waals surface area contributed by atoms with Crippen LogP contribution in [-0.2, 0) is 17.9 Å². The quantitative estimate of drug-likeness (QED) is 0.322. The molecular weight excluding hydrogens is 395 g/mol. The molecule has 0 saturated carbocycles. The Hall–Kier alpha value is -2.74. The summed E-state index contributed by atoms with van der Waals surface area (Å²) in [4.78, 5) is 4.16. The minimum atomic E-state index is -4.34. The van der Waals surface area contributed by atoms with Gasteiger partial charge in [0.1, 0.15) is 5.75 Å². The minimum Gasteiger partial charge on any atom is -0.484 e. The van der Waals surface area contributed by atoms with Crippen molar-refractivity contribution >= 4 is 5.96 Å². The number of unbranched alkanes of at least 4 members (excludes halogenated alkanes) is 1. The van der Waals surface area contributed by atoms with Gasteiger partial charge in [0.05, 0.1) is 6.61 Å². The maximum atomic E-state index is 12.2. The Labute approximate surface area is 175 Å². The van der Waals surface area contributed by atoms with Crippen LogP contribution in [0.1, 0.15) is 24.0 Å². The molecule has 0 spiro atoms. The number of hydrogen-bond donors (Lipinski definition) is 2. The average Bonchev–Trinajstić information content (AvgIpc) is 2.74. The van der Waals surface area contributed by atoms with Crippen LogP contribution in [-0.4, -0.2) is 38.9 Å². The molecule has 30 heavy (non-hydrogen) atoms. The number of aliphatic imine (C=N–C) groups is 1. The highest BCUT2D eigenvalue weighted by Gasteiger charge is 2.28. The second-order valence-corrected chi connectivity index (χ2v) is 6.65. The summed E-state index contributed by atoms with van der Waals surface area (Å²) in [5.74, 6) is 0.852. The van der Waals surface area contributed by atoms with Crippen LogP contribution in [0.15, 0.2) is 59.6 Å². The fraction of sp³-hybridized carbons (Fsp3) is 0.409. The topological polar surface area (TPSA) is 54.9 Å². The van der Waals surface area contributed by atoms with Gasteiger partial charge in [-0.05, 0) is 36.1 Å². The largest absolute Gasteiger partial charge is 0.484 e. The van der Waals surface area contributed by atoms with E-state index in [9.17, 15) is 13.2 Å². The van der Waals surface area contributed by atoms with Crippen molar-refractivity contribution < 1.29 is 22.6 Å². The van der Waals surface area contributed by atoms with Crippen LogP contribution in [0, 0.1) is 0 Å². The Morgan fingerprint density at radius 3 is 2.33 bits per heavy atom. The Balaban J connectivity index is 1.57. The SMILES string of the molecule is CN=C(NCCCCOCc1ccccc1)NCc1ccc(OCC(F)(F)F)cc1. The number of hydrogen-bond acceptors (Lipinski definition) is 3. The lowest BCUT2D eigenvalue weighted by atomic mass is 10.2. The average molecular weight is 423 g/mol. The molecule has 0 aliphatic heterocycles.